The molecule has 0 saturated carbocycles. The first-order valence-electron chi connectivity index (χ1n) is 7.62. The molecular weight excluding hydrogens is 333 g/mol. The standard InChI is InChI=1S/C17H23F3N4O/c1-12(2)9-21-16(23-11-15(25)24(3)4)22-10-13-6-5-7-14(8-13)17(18,19)20/h5-8H,1,9-11H2,2-4H3,(H2,21,22,23). The molecule has 25 heavy (non-hydrogen) atoms. The van der Waals surface area contributed by atoms with Gasteiger partial charge in [-0.05, 0) is 24.6 Å². The van der Waals surface area contributed by atoms with Crippen LogP contribution in [0.25, 0.3) is 0 Å². The largest absolute Gasteiger partial charge is 0.416 e. The Morgan fingerprint density at radius 1 is 1.24 bits per heavy atom. The molecule has 0 aliphatic heterocycles. The summed E-state index contributed by atoms with van der Waals surface area (Å²) in [6.07, 6.45) is -4.39. The number of carbonyl (C=O) groups excluding carboxylic acids is 1. The van der Waals surface area contributed by atoms with Crippen molar-refractivity contribution >= 4 is 11.9 Å². The highest BCUT2D eigenvalue weighted by molar-refractivity contribution is 5.86. The summed E-state index contributed by atoms with van der Waals surface area (Å²) in [6.45, 7) is 6.09. The van der Waals surface area contributed by atoms with Gasteiger partial charge in [-0.3, -0.25) is 4.79 Å². The third-order valence-electron chi connectivity index (χ3n) is 3.14. The van der Waals surface area contributed by atoms with Crippen LogP contribution in [0.5, 0.6) is 0 Å². The Labute approximate surface area is 145 Å². The van der Waals surface area contributed by atoms with Crippen LogP contribution in [0.3, 0.4) is 0 Å². The number of rotatable bonds is 6. The molecule has 0 aliphatic rings. The molecule has 8 heteroatoms. The Morgan fingerprint density at radius 2 is 1.88 bits per heavy atom. The second-order valence-corrected chi connectivity index (χ2v) is 5.82. The summed E-state index contributed by atoms with van der Waals surface area (Å²) in [4.78, 5) is 17.3. The van der Waals surface area contributed by atoms with Gasteiger partial charge >= 0.3 is 6.18 Å². The lowest BCUT2D eigenvalue weighted by atomic mass is 10.1. The maximum atomic E-state index is 12.7. The molecule has 0 unspecified atom stereocenters. The Bertz CT molecular complexity index is 639. The van der Waals surface area contributed by atoms with Gasteiger partial charge in [-0.25, -0.2) is 4.99 Å². The summed E-state index contributed by atoms with van der Waals surface area (Å²) >= 11 is 0. The van der Waals surface area contributed by atoms with E-state index in [1.165, 1.54) is 11.0 Å². The molecule has 0 atom stereocenters. The van der Waals surface area contributed by atoms with Gasteiger partial charge in [-0.2, -0.15) is 13.2 Å². The molecule has 1 amide bonds. The first-order valence-corrected chi connectivity index (χ1v) is 7.62. The predicted molar refractivity (Wildman–Crippen MR) is 92.1 cm³/mol. The van der Waals surface area contributed by atoms with Gasteiger partial charge in [0.25, 0.3) is 0 Å². The minimum Gasteiger partial charge on any atom is -0.353 e. The molecule has 0 heterocycles. The SMILES string of the molecule is C=C(C)CNC(=NCc1cccc(C(F)(F)F)c1)NCC(=O)N(C)C. The second kappa shape index (κ2) is 9.10. The van der Waals surface area contributed by atoms with Gasteiger partial charge < -0.3 is 15.5 Å². The van der Waals surface area contributed by atoms with Crippen LogP contribution in [0.2, 0.25) is 0 Å². The van der Waals surface area contributed by atoms with Crippen molar-refractivity contribution in [2.45, 2.75) is 19.6 Å². The highest BCUT2D eigenvalue weighted by Gasteiger charge is 2.30. The molecule has 1 aromatic carbocycles. The fourth-order valence-corrected chi connectivity index (χ4v) is 1.74. The van der Waals surface area contributed by atoms with Crippen LogP contribution in [0.15, 0.2) is 41.4 Å². The molecule has 2 N–H and O–H groups in total. The molecule has 0 aliphatic carbocycles. The lowest BCUT2D eigenvalue weighted by molar-refractivity contribution is -0.137. The molecular formula is C17H23F3N4O. The number of hydrogen-bond acceptors (Lipinski definition) is 2. The summed E-state index contributed by atoms with van der Waals surface area (Å²) in [5, 5.41) is 5.83. The minimum atomic E-state index is -4.39. The topological polar surface area (TPSA) is 56.7 Å². The van der Waals surface area contributed by atoms with Gasteiger partial charge in [-0.15, -0.1) is 0 Å². The maximum Gasteiger partial charge on any atom is 0.416 e. The van der Waals surface area contributed by atoms with Gasteiger partial charge in [0.15, 0.2) is 5.96 Å². The number of carbonyl (C=O) groups is 1. The summed E-state index contributed by atoms with van der Waals surface area (Å²) in [6, 6.07) is 4.99. The summed E-state index contributed by atoms with van der Waals surface area (Å²) in [7, 11) is 3.26. The van der Waals surface area contributed by atoms with Crippen molar-refractivity contribution in [2.24, 2.45) is 4.99 Å². The number of alkyl halides is 3. The fourth-order valence-electron chi connectivity index (χ4n) is 1.74. The molecule has 0 aromatic heterocycles. The Hall–Kier alpha value is -2.51. The van der Waals surface area contributed by atoms with Crippen molar-refractivity contribution in [3.05, 3.63) is 47.5 Å². The van der Waals surface area contributed by atoms with Crippen LogP contribution in [0, 0.1) is 0 Å². The van der Waals surface area contributed by atoms with E-state index in [9.17, 15) is 18.0 Å². The average molecular weight is 356 g/mol. The summed E-state index contributed by atoms with van der Waals surface area (Å²) in [5.74, 6) is 0.180. The van der Waals surface area contributed by atoms with E-state index in [4.69, 9.17) is 0 Å². The Kier molecular flexibility index (Phi) is 7.47. The lowest BCUT2D eigenvalue weighted by Gasteiger charge is -2.15. The van der Waals surface area contributed by atoms with Crippen LogP contribution in [-0.2, 0) is 17.5 Å². The minimum absolute atomic E-state index is 0.0254. The zero-order chi connectivity index (χ0) is 19.0. The van der Waals surface area contributed by atoms with E-state index >= 15 is 0 Å². The second-order valence-electron chi connectivity index (χ2n) is 5.82. The number of halogens is 3. The van der Waals surface area contributed by atoms with Crippen molar-refractivity contribution in [3.8, 4) is 0 Å². The van der Waals surface area contributed by atoms with Gasteiger partial charge in [0, 0.05) is 20.6 Å². The van der Waals surface area contributed by atoms with Gasteiger partial charge in [0.2, 0.25) is 5.91 Å². The molecule has 1 rings (SSSR count). The quantitative estimate of drug-likeness (QED) is 0.468. The van der Waals surface area contributed by atoms with Crippen LogP contribution in [0.4, 0.5) is 13.2 Å². The molecule has 0 spiro atoms. The van der Waals surface area contributed by atoms with Crippen LogP contribution in [0.1, 0.15) is 18.1 Å². The molecule has 0 radical (unpaired) electrons. The molecule has 0 fully saturated rings. The number of nitrogens with zero attached hydrogens (tertiary/aromatic N) is 2. The molecule has 0 bridgehead atoms. The van der Waals surface area contributed by atoms with Crippen LogP contribution >= 0.6 is 0 Å². The number of benzene rings is 1. The van der Waals surface area contributed by atoms with Crippen molar-refractivity contribution in [1.82, 2.24) is 15.5 Å². The van der Waals surface area contributed by atoms with Crippen molar-refractivity contribution in [1.29, 1.82) is 0 Å². The Balaban J connectivity index is 2.83. The van der Waals surface area contributed by atoms with Crippen LogP contribution < -0.4 is 10.6 Å². The Morgan fingerprint density at radius 3 is 2.44 bits per heavy atom. The third kappa shape index (κ3) is 7.73. The number of nitrogens with one attached hydrogen (secondary N) is 2. The molecule has 0 saturated heterocycles. The van der Waals surface area contributed by atoms with E-state index in [0.717, 1.165) is 17.7 Å². The summed E-state index contributed by atoms with van der Waals surface area (Å²) in [5.41, 5.74) is 0.560. The fraction of sp³-hybridized carbons (Fsp3) is 0.412. The van der Waals surface area contributed by atoms with Crippen molar-refractivity contribution in [2.75, 3.05) is 27.2 Å². The number of guanidine groups is 1. The van der Waals surface area contributed by atoms with E-state index in [0.29, 0.717) is 18.1 Å². The van der Waals surface area contributed by atoms with Crippen LogP contribution in [-0.4, -0.2) is 44.0 Å². The van der Waals surface area contributed by atoms with E-state index < -0.39 is 11.7 Å². The molecule has 5 nitrogen and oxygen atoms in total. The van der Waals surface area contributed by atoms with Gasteiger partial charge in [0.05, 0.1) is 18.7 Å². The first kappa shape index (κ1) is 20.5. The predicted octanol–water partition coefficient (Wildman–Crippen LogP) is 2.40. The van der Waals surface area contributed by atoms with E-state index in [-0.39, 0.29) is 19.0 Å². The smallest absolute Gasteiger partial charge is 0.353 e. The first-order chi connectivity index (χ1) is 11.6. The monoisotopic (exact) mass is 356 g/mol. The van der Waals surface area contributed by atoms with Crippen molar-refractivity contribution < 1.29 is 18.0 Å². The van der Waals surface area contributed by atoms with Crippen molar-refractivity contribution in [3.63, 3.8) is 0 Å². The van der Waals surface area contributed by atoms with E-state index in [1.54, 1.807) is 20.2 Å². The number of amides is 1. The highest BCUT2D eigenvalue weighted by atomic mass is 19.4. The average Bonchev–Trinajstić information content (AvgIpc) is 2.53. The maximum absolute atomic E-state index is 12.7. The number of aliphatic imine (C=N–C) groups is 1. The van der Waals surface area contributed by atoms with E-state index in [1.807, 2.05) is 6.92 Å². The van der Waals surface area contributed by atoms with Gasteiger partial charge in [-0.1, -0.05) is 24.3 Å². The highest BCUT2D eigenvalue weighted by Crippen LogP contribution is 2.29. The summed E-state index contributed by atoms with van der Waals surface area (Å²) < 4.78 is 38.2. The zero-order valence-electron chi connectivity index (χ0n) is 14.6. The lowest BCUT2D eigenvalue weighted by Crippen LogP contribution is -2.43. The molecule has 138 valence electrons. The number of hydrogen-bond donors (Lipinski definition) is 2. The van der Waals surface area contributed by atoms with E-state index in [2.05, 4.69) is 22.2 Å². The third-order valence-corrected chi connectivity index (χ3v) is 3.14. The normalized spacial score (nSPS) is 11.8. The zero-order valence-corrected chi connectivity index (χ0v) is 14.6. The van der Waals surface area contributed by atoms with Gasteiger partial charge in [0.1, 0.15) is 0 Å². The number of likely N-dealkylation sites (N-methyl/N-ethyl adjacent to an activating group) is 1. The molecule has 1 aromatic rings.